The van der Waals surface area contributed by atoms with Gasteiger partial charge < -0.3 is 10.2 Å². The third kappa shape index (κ3) is 2.95. The van der Waals surface area contributed by atoms with Crippen LogP contribution in [0.2, 0.25) is 0 Å². The van der Waals surface area contributed by atoms with Crippen LogP contribution in [-0.2, 0) is 0 Å². The molecular weight excluding hydrogens is 282 g/mol. The Bertz CT molecular complexity index is 508. The topological polar surface area (TPSA) is 45.5 Å². The maximum atomic E-state index is 4.39. The molecule has 17 heavy (non-hydrogen) atoms. The van der Waals surface area contributed by atoms with Crippen LogP contribution in [0.4, 0.5) is 5.95 Å². The summed E-state index contributed by atoms with van der Waals surface area (Å²) in [5, 5.41) is 7.59. The Kier molecular flexibility index (Phi) is 3.63. The molecule has 0 radical (unpaired) electrons. The Balaban J connectivity index is 2.09. The van der Waals surface area contributed by atoms with Gasteiger partial charge in [-0.15, -0.1) is 5.10 Å². The van der Waals surface area contributed by atoms with E-state index in [1.165, 1.54) is 0 Å². The van der Waals surface area contributed by atoms with Crippen LogP contribution in [0.3, 0.4) is 0 Å². The SMILES string of the molecule is CC(CNc1nc2ccc(Br)cn2n1)N(C)C. The average molecular weight is 298 g/mol. The Morgan fingerprint density at radius 1 is 1.47 bits per heavy atom. The van der Waals surface area contributed by atoms with Gasteiger partial charge in [-0.1, -0.05) is 0 Å². The van der Waals surface area contributed by atoms with E-state index in [0.29, 0.717) is 12.0 Å². The van der Waals surface area contributed by atoms with E-state index >= 15 is 0 Å². The molecule has 0 aliphatic rings. The first-order chi connectivity index (χ1) is 8.06. The molecule has 0 saturated heterocycles. The monoisotopic (exact) mass is 297 g/mol. The minimum absolute atomic E-state index is 0.438. The number of aromatic nitrogens is 3. The Labute approximate surface area is 109 Å². The van der Waals surface area contributed by atoms with Gasteiger partial charge in [-0.3, -0.25) is 0 Å². The minimum Gasteiger partial charge on any atom is -0.351 e. The molecule has 0 aliphatic carbocycles. The van der Waals surface area contributed by atoms with Crippen molar-refractivity contribution >= 4 is 27.5 Å². The molecule has 0 spiro atoms. The van der Waals surface area contributed by atoms with Crippen LogP contribution in [0.15, 0.2) is 22.8 Å². The lowest BCUT2D eigenvalue weighted by Crippen LogP contribution is -2.31. The largest absolute Gasteiger partial charge is 0.351 e. The number of nitrogens with one attached hydrogen (secondary N) is 1. The van der Waals surface area contributed by atoms with E-state index in [1.54, 1.807) is 4.52 Å². The number of likely N-dealkylation sites (N-methyl/N-ethyl adjacent to an activating group) is 1. The molecule has 6 heteroatoms. The highest BCUT2D eigenvalue weighted by molar-refractivity contribution is 9.10. The van der Waals surface area contributed by atoms with Crippen molar-refractivity contribution in [3.05, 3.63) is 22.8 Å². The molecule has 92 valence electrons. The first kappa shape index (κ1) is 12.3. The Hall–Kier alpha value is -1.14. The molecule has 0 amide bonds. The molecule has 5 nitrogen and oxygen atoms in total. The van der Waals surface area contributed by atoms with Gasteiger partial charge in [0.2, 0.25) is 5.95 Å². The number of hydrogen-bond acceptors (Lipinski definition) is 4. The normalized spacial score (nSPS) is 13.2. The Morgan fingerprint density at radius 2 is 2.24 bits per heavy atom. The predicted octanol–water partition coefficient (Wildman–Crippen LogP) is 1.85. The summed E-state index contributed by atoms with van der Waals surface area (Å²) in [6.45, 7) is 2.98. The van der Waals surface area contributed by atoms with Crippen LogP contribution >= 0.6 is 15.9 Å². The lowest BCUT2D eigenvalue weighted by Gasteiger charge is -2.19. The van der Waals surface area contributed by atoms with E-state index in [0.717, 1.165) is 16.7 Å². The lowest BCUT2D eigenvalue weighted by atomic mass is 10.3. The van der Waals surface area contributed by atoms with Gasteiger partial charge >= 0.3 is 0 Å². The van der Waals surface area contributed by atoms with Gasteiger partial charge in [0.15, 0.2) is 5.65 Å². The van der Waals surface area contributed by atoms with Gasteiger partial charge in [-0.2, -0.15) is 4.98 Å². The van der Waals surface area contributed by atoms with E-state index in [2.05, 4.69) is 57.2 Å². The molecule has 0 aromatic carbocycles. The highest BCUT2D eigenvalue weighted by Crippen LogP contribution is 2.12. The third-order valence-corrected chi connectivity index (χ3v) is 3.20. The van der Waals surface area contributed by atoms with Gasteiger partial charge in [-0.25, -0.2) is 4.52 Å². The van der Waals surface area contributed by atoms with Crippen LogP contribution < -0.4 is 5.32 Å². The van der Waals surface area contributed by atoms with Gasteiger partial charge in [0.1, 0.15) is 0 Å². The molecule has 2 rings (SSSR count). The smallest absolute Gasteiger partial charge is 0.243 e. The van der Waals surface area contributed by atoms with Crippen molar-refractivity contribution in [2.75, 3.05) is 26.0 Å². The molecule has 1 atom stereocenters. The van der Waals surface area contributed by atoms with E-state index in [9.17, 15) is 0 Å². The van der Waals surface area contributed by atoms with Crippen molar-refractivity contribution in [1.29, 1.82) is 0 Å². The van der Waals surface area contributed by atoms with E-state index < -0.39 is 0 Å². The molecule has 2 aromatic heterocycles. The van der Waals surface area contributed by atoms with Crippen molar-refractivity contribution in [3.8, 4) is 0 Å². The summed E-state index contributed by atoms with van der Waals surface area (Å²) in [5.41, 5.74) is 0.841. The lowest BCUT2D eigenvalue weighted by molar-refractivity contribution is 0.326. The molecule has 0 fully saturated rings. The molecule has 0 bridgehead atoms. The number of rotatable bonds is 4. The molecule has 2 heterocycles. The zero-order chi connectivity index (χ0) is 12.4. The van der Waals surface area contributed by atoms with Crippen LogP contribution in [0.25, 0.3) is 5.65 Å². The van der Waals surface area contributed by atoms with Crippen molar-refractivity contribution in [1.82, 2.24) is 19.5 Å². The van der Waals surface area contributed by atoms with Gasteiger partial charge in [0, 0.05) is 23.3 Å². The fourth-order valence-electron chi connectivity index (χ4n) is 1.35. The second-order valence-electron chi connectivity index (χ2n) is 4.28. The fraction of sp³-hybridized carbons (Fsp3) is 0.455. The first-order valence-electron chi connectivity index (χ1n) is 5.48. The summed E-state index contributed by atoms with van der Waals surface area (Å²) in [6.07, 6.45) is 1.89. The molecule has 1 N–H and O–H groups in total. The van der Waals surface area contributed by atoms with Crippen molar-refractivity contribution in [2.24, 2.45) is 0 Å². The number of anilines is 1. The molecule has 2 aromatic rings. The minimum atomic E-state index is 0.438. The fourth-order valence-corrected chi connectivity index (χ4v) is 1.68. The molecule has 0 saturated carbocycles. The number of halogens is 1. The van der Waals surface area contributed by atoms with Crippen LogP contribution in [0, 0.1) is 0 Å². The van der Waals surface area contributed by atoms with E-state index in [4.69, 9.17) is 0 Å². The number of nitrogens with zero attached hydrogens (tertiary/aromatic N) is 4. The zero-order valence-electron chi connectivity index (χ0n) is 10.2. The number of fused-ring (bicyclic) bond motifs is 1. The highest BCUT2D eigenvalue weighted by Gasteiger charge is 2.07. The summed E-state index contributed by atoms with van der Waals surface area (Å²) in [4.78, 5) is 6.54. The zero-order valence-corrected chi connectivity index (χ0v) is 11.8. The van der Waals surface area contributed by atoms with Crippen molar-refractivity contribution in [2.45, 2.75) is 13.0 Å². The summed E-state index contributed by atoms with van der Waals surface area (Å²) < 4.78 is 2.75. The van der Waals surface area contributed by atoms with Crippen LogP contribution in [0.1, 0.15) is 6.92 Å². The summed E-state index contributed by atoms with van der Waals surface area (Å²) >= 11 is 3.41. The number of hydrogen-bond donors (Lipinski definition) is 1. The third-order valence-electron chi connectivity index (χ3n) is 2.73. The quantitative estimate of drug-likeness (QED) is 0.936. The van der Waals surface area contributed by atoms with Gasteiger partial charge in [0.25, 0.3) is 0 Å². The standard InChI is InChI=1S/C11H16BrN5/c1-8(16(2)3)6-13-11-14-10-5-4-9(12)7-17(10)15-11/h4-5,7-8H,6H2,1-3H3,(H,13,15). The average Bonchev–Trinajstić information content (AvgIpc) is 2.67. The van der Waals surface area contributed by atoms with E-state index in [-0.39, 0.29) is 0 Å². The summed E-state index contributed by atoms with van der Waals surface area (Å²) in [5.74, 6) is 0.664. The maximum absolute atomic E-state index is 4.39. The van der Waals surface area contributed by atoms with Crippen LogP contribution in [-0.4, -0.2) is 46.2 Å². The second kappa shape index (κ2) is 5.01. The maximum Gasteiger partial charge on any atom is 0.243 e. The molecule has 0 aliphatic heterocycles. The summed E-state index contributed by atoms with van der Waals surface area (Å²) in [7, 11) is 4.11. The molecular formula is C11H16BrN5. The number of pyridine rings is 1. The van der Waals surface area contributed by atoms with Crippen molar-refractivity contribution < 1.29 is 0 Å². The second-order valence-corrected chi connectivity index (χ2v) is 5.19. The van der Waals surface area contributed by atoms with Gasteiger partial charge in [0.05, 0.1) is 0 Å². The highest BCUT2D eigenvalue weighted by atomic mass is 79.9. The first-order valence-corrected chi connectivity index (χ1v) is 6.28. The van der Waals surface area contributed by atoms with Gasteiger partial charge in [-0.05, 0) is 49.1 Å². The Morgan fingerprint density at radius 3 is 2.94 bits per heavy atom. The predicted molar refractivity (Wildman–Crippen MR) is 72.3 cm³/mol. The van der Waals surface area contributed by atoms with Crippen LogP contribution in [0.5, 0.6) is 0 Å². The van der Waals surface area contributed by atoms with Crippen molar-refractivity contribution in [3.63, 3.8) is 0 Å². The molecule has 1 unspecified atom stereocenters. The summed E-state index contributed by atoms with van der Waals surface area (Å²) in [6, 6.07) is 4.32. The van der Waals surface area contributed by atoms with E-state index in [1.807, 2.05) is 18.3 Å².